The molecule has 0 saturated heterocycles. The summed E-state index contributed by atoms with van der Waals surface area (Å²) in [5.41, 5.74) is -0.963. The van der Waals surface area contributed by atoms with Gasteiger partial charge in [0.15, 0.2) is 0 Å². The van der Waals surface area contributed by atoms with Gasteiger partial charge in [-0.1, -0.05) is 6.07 Å². The van der Waals surface area contributed by atoms with E-state index in [9.17, 15) is 17.6 Å². The normalized spacial score (nSPS) is 11.4. The first-order chi connectivity index (χ1) is 5.90. The van der Waals surface area contributed by atoms with Crippen molar-refractivity contribution in [1.29, 1.82) is 0 Å². The van der Waals surface area contributed by atoms with Crippen LogP contribution in [0.1, 0.15) is 0 Å². The Bertz CT molecular complexity index is 290. The van der Waals surface area contributed by atoms with Gasteiger partial charge in [0.2, 0.25) is 0 Å². The Kier molecular flexibility index (Phi) is 2.31. The van der Waals surface area contributed by atoms with Crippen LogP contribution in [-0.4, -0.2) is 11.4 Å². The van der Waals surface area contributed by atoms with Crippen LogP contribution in [0.2, 0.25) is 0 Å². The number of halogens is 4. The minimum absolute atomic E-state index is 0.780. The van der Waals surface area contributed by atoms with E-state index in [0.29, 0.717) is 0 Å². The van der Waals surface area contributed by atoms with Gasteiger partial charge in [-0.05, 0) is 12.1 Å². The zero-order valence-corrected chi connectivity index (χ0v) is 6.19. The van der Waals surface area contributed by atoms with Crippen molar-refractivity contribution in [2.24, 2.45) is 0 Å². The summed E-state index contributed by atoms with van der Waals surface area (Å²) in [7, 11) is 0. The minimum Gasteiger partial charge on any atom is -0.506 e. The molecule has 2 N–H and O–H groups in total. The third-order valence-corrected chi connectivity index (χ3v) is 1.26. The number of phenolic OH excluding ortho intramolecular Hbond substituents is 1. The Morgan fingerprint density at radius 2 is 1.85 bits per heavy atom. The molecule has 0 unspecified atom stereocenters. The molecule has 72 valence electrons. The van der Waals surface area contributed by atoms with E-state index < -0.39 is 23.6 Å². The minimum atomic E-state index is -4.76. The number of para-hydroxylation sites is 1. The van der Waals surface area contributed by atoms with E-state index >= 15 is 0 Å². The van der Waals surface area contributed by atoms with Crippen LogP contribution in [0.15, 0.2) is 18.2 Å². The average Bonchev–Trinajstić information content (AvgIpc) is 1.95. The molecule has 0 heterocycles. The third kappa shape index (κ3) is 2.50. The second-order valence-electron chi connectivity index (χ2n) is 2.26. The summed E-state index contributed by atoms with van der Waals surface area (Å²) in [4.78, 5) is 0. The van der Waals surface area contributed by atoms with Crippen LogP contribution < -0.4 is 5.32 Å². The third-order valence-electron chi connectivity index (χ3n) is 1.26. The second kappa shape index (κ2) is 3.12. The summed E-state index contributed by atoms with van der Waals surface area (Å²) in [5, 5.41) is 9.74. The van der Waals surface area contributed by atoms with Gasteiger partial charge < -0.3 is 5.11 Å². The lowest BCUT2D eigenvalue weighted by Gasteiger charge is -2.11. The fourth-order valence-electron chi connectivity index (χ4n) is 0.778. The van der Waals surface area contributed by atoms with Gasteiger partial charge in [0.1, 0.15) is 17.3 Å². The van der Waals surface area contributed by atoms with Gasteiger partial charge in [-0.3, -0.25) is 5.32 Å². The number of rotatable bonds is 1. The number of hydrogen-bond donors (Lipinski definition) is 2. The number of phenols is 1. The molecule has 0 radical (unpaired) electrons. The fraction of sp³-hybridized carbons (Fsp3) is 0.143. The van der Waals surface area contributed by atoms with Crippen LogP contribution >= 0.6 is 0 Å². The van der Waals surface area contributed by atoms with E-state index in [4.69, 9.17) is 5.11 Å². The van der Waals surface area contributed by atoms with E-state index in [0.717, 1.165) is 23.5 Å². The smallest absolute Gasteiger partial charge is 0.482 e. The van der Waals surface area contributed by atoms with Crippen LogP contribution in [0.3, 0.4) is 0 Å². The number of alkyl halides is 3. The van der Waals surface area contributed by atoms with Crippen molar-refractivity contribution in [3.05, 3.63) is 24.0 Å². The monoisotopic (exact) mass is 195 g/mol. The molecule has 1 rings (SSSR count). The highest BCUT2D eigenvalue weighted by atomic mass is 19.4. The van der Waals surface area contributed by atoms with Crippen LogP contribution in [0.5, 0.6) is 5.75 Å². The maximum absolute atomic E-state index is 12.7. The summed E-state index contributed by atoms with van der Waals surface area (Å²) < 4.78 is 47.8. The average molecular weight is 195 g/mol. The van der Waals surface area contributed by atoms with Crippen LogP contribution in [0.4, 0.5) is 23.2 Å². The molecule has 13 heavy (non-hydrogen) atoms. The zero-order chi connectivity index (χ0) is 10.1. The number of benzene rings is 1. The summed E-state index contributed by atoms with van der Waals surface area (Å²) in [6.07, 6.45) is -4.76. The van der Waals surface area contributed by atoms with Crippen molar-refractivity contribution in [3.63, 3.8) is 0 Å². The topological polar surface area (TPSA) is 32.3 Å². The highest BCUT2D eigenvalue weighted by Gasteiger charge is 2.29. The molecule has 0 aliphatic rings. The molecule has 0 aromatic heterocycles. The predicted molar refractivity (Wildman–Crippen MR) is 37.7 cm³/mol. The lowest BCUT2D eigenvalue weighted by Crippen LogP contribution is -2.21. The van der Waals surface area contributed by atoms with E-state index in [1.807, 2.05) is 0 Å². The SMILES string of the molecule is Oc1cccc(F)c1NC(F)(F)F. The summed E-state index contributed by atoms with van der Waals surface area (Å²) in [5.74, 6) is -1.94. The lowest BCUT2D eigenvalue weighted by atomic mass is 10.3. The Hall–Kier alpha value is -1.46. The van der Waals surface area contributed by atoms with Crippen LogP contribution in [0.25, 0.3) is 0 Å². The van der Waals surface area contributed by atoms with Gasteiger partial charge in [-0.15, -0.1) is 0 Å². The van der Waals surface area contributed by atoms with Gasteiger partial charge in [-0.2, -0.15) is 13.2 Å². The number of aromatic hydroxyl groups is 1. The van der Waals surface area contributed by atoms with E-state index in [1.54, 1.807) is 0 Å². The van der Waals surface area contributed by atoms with Gasteiger partial charge in [0, 0.05) is 0 Å². The molecule has 0 saturated carbocycles. The van der Waals surface area contributed by atoms with Crippen molar-refractivity contribution in [2.75, 3.05) is 5.32 Å². The Morgan fingerprint density at radius 1 is 1.23 bits per heavy atom. The van der Waals surface area contributed by atoms with Gasteiger partial charge >= 0.3 is 6.30 Å². The molecule has 1 aromatic rings. The number of hydrogen-bond acceptors (Lipinski definition) is 2. The van der Waals surface area contributed by atoms with Crippen molar-refractivity contribution in [1.82, 2.24) is 0 Å². The highest BCUT2D eigenvalue weighted by molar-refractivity contribution is 5.56. The fourth-order valence-corrected chi connectivity index (χ4v) is 0.778. The first-order valence-electron chi connectivity index (χ1n) is 3.22. The lowest BCUT2D eigenvalue weighted by molar-refractivity contribution is -0.100. The molecule has 0 atom stereocenters. The van der Waals surface area contributed by atoms with E-state index in [2.05, 4.69) is 0 Å². The molecular formula is C7H5F4NO. The molecule has 6 heteroatoms. The Labute approximate surface area is 70.8 Å². The molecule has 2 nitrogen and oxygen atoms in total. The van der Waals surface area contributed by atoms with Gasteiger partial charge in [0.25, 0.3) is 0 Å². The van der Waals surface area contributed by atoms with Crippen molar-refractivity contribution < 1.29 is 22.7 Å². The highest BCUT2D eigenvalue weighted by Crippen LogP contribution is 2.30. The Morgan fingerprint density at radius 3 is 2.31 bits per heavy atom. The predicted octanol–water partition coefficient (Wildman–Crippen LogP) is 2.46. The van der Waals surface area contributed by atoms with Crippen LogP contribution in [-0.2, 0) is 0 Å². The largest absolute Gasteiger partial charge is 0.506 e. The molecular weight excluding hydrogens is 190 g/mol. The maximum Gasteiger partial charge on any atom is 0.482 e. The number of anilines is 1. The maximum atomic E-state index is 12.7. The number of nitrogens with one attached hydrogen (secondary N) is 1. The van der Waals surface area contributed by atoms with Crippen molar-refractivity contribution in [2.45, 2.75) is 6.30 Å². The van der Waals surface area contributed by atoms with Gasteiger partial charge in [0.05, 0.1) is 0 Å². The van der Waals surface area contributed by atoms with Crippen molar-refractivity contribution >= 4 is 5.69 Å². The standard InChI is InChI=1S/C7H5F4NO/c8-4-2-1-3-5(13)6(4)12-7(9,10)11/h1-3,12-13H. The quantitative estimate of drug-likeness (QED) is 0.410. The molecule has 1 aromatic carbocycles. The summed E-state index contributed by atoms with van der Waals surface area (Å²) in [6.45, 7) is 0. The summed E-state index contributed by atoms with van der Waals surface area (Å²) in [6, 6.07) is 2.87. The first kappa shape index (κ1) is 9.63. The van der Waals surface area contributed by atoms with E-state index in [1.165, 1.54) is 0 Å². The summed E-state index contributed by atoms with van der Waals surface area (Å²) >= 11 is 0. The molecule has 0 aliphatic heterocycles. The first-order valence-corrected chi connectivity index (χ1v) is 3.22. The van der Waals surface area contributed by atoms with E-state index in [-0.39, 0.29) is 0 Å². The van der Waals surface area contributed by atoms with Crippen LogP contribution in [0, 0.1) is 5.82 Å². The Balaban J connectivity index is 3.00. The molecule has 0 spiro atoms. The molecule has 0 amide bonds. The molecule has 0 aliphatic carbocycles. The molecule has 0 fully saturated rings. The van der Waals surface area contributed by atoms with Crippen molar-refractivity contribution in [3.8, 4) is 5.75 Å². The zero-order valence-electron chi connectivity index (χ0n) is 6.19. The molecule has 0 bridgehead atoms. The second-order valence-corrected chi connectivity index (χ2v) is 2.26. The van der Waals surface area contributed by atoms with Gasteiger partial charge in [-0.25, -0.2) is 4.39 Å².